The summed E-state index contributed by atoms with van der Waals surface area (Å²) >= 11 is 0. The van der Waals surface area contributed by atoms with Crippen molar-refractivity contribution >= 4 is 5.78 Å². The SMILES string of the molecule is CCCCC(CCCC)/C(=C\C(=O)CC)Cc1cccc(C)c1. The first-order chi connectivity index (χ1) is 11.1. The maximum atomic E-state index is 12.1. The number of aryl methyl sites for hydroxylation is 1. The van der Waals surface area contributed by atoms with Gasteiger partial charge in [-0.25, -0.2) is 0 Å². The molecule has 0 saturated heterocycles. The second kappa shape index (κ2) is 11.2. The van der Waals surface area contributed by atoms with Crippen LogP contribution in [-0.2, 0) is 11.2 Å². The molecular weight excluding hydrogens is 280 g/mol. The summed E-state index contributed by atoms with van der Waals surface area (Å²) in [5.41, 5.74) is 3.98. The largest absolute Gasteiger partial charge is 0.295 e. The fourth-order valence-electron chi connectivity index (χ4n) is 3.10. The third kappa shape index (κ3) is 7.63. The number of hydrogen-bond acceptors (Lipinski definition) is 1. The maximum absolute atomic E-state index is 12.1. The molecule has 0 heterocycles. The molecular formula is C22H34O. The minimum atomic E-state index is 0.269. The second-order valence-corrected chi connectivity index (χ2v) is 6.69. The summed E-state index contributed by atoms with van der Waals surface area (Å²) < 4.78 is 0. The number of ketones is 1. The quantitative estimate of drug-likeness (QED) is 0.429. The summed E-state index contributed by atoms with van der Waals surface area (Å²) in [6.45, 7) is 8.59. The van der Waals surface area contributed by atoms with Gasteiger partial charge in [0.2, 0.25) is 0 Å². The Morgan fingerprint density at radius 2 is 1.74 bits per heavy atom. The molecule has 0 amide bonds. The average Bonchev–Trinajstić information content (AvgIpc) is 2.54. The van der Waals surface area contributed by atoms with E-state index in [0.29, 0.717) is 12.3 Å². The first kappa shape index (κ1) is 19.7. The molecule has 0 saturated carbocycles. The van der Waals surface area contributed by atoms with Crippen molar-refractivity contribution in [2.75, 3.05) is 0 Å². The molecule has 0 unspecified atom stereocenters. The van der Waals surface area contributed by atoms with Gasteiger partial charge in [0, 0.05) is 6.42 Å². The molecule has 1 nitrogen and oxygen atoms in total. The Morgan fingerprint density at radius 3 is 2.26 bits per heavy atom. The Balaban J connectivity index is 2.99. The molecule has 23 heavy (non-hydrogen) atoms. The van der Waals surface area contributed by atoms with Crippen LogP contribution in [0.3, 0.4) is 0 Å². The van der Waals surface area contributed by atoms with E-state index in [2.05, 4.69) is 45.0 Å². The lowest BCUT2D eigenvalue weighted by Crippen LogP contribution is -2.10. The molecule has 1 aromatic carbocycles. The van der Waals surface area contributed by atoms with Gasteiger partial charge in [-0.1, -0.05) is 81.9 Å². The molecule has 0 bridgehead atoms. The van der Waals surface area contributed by atoms with Gasteiger partial charge in [0.1, 0.15) is 0 Å². The van der Waals surface area contributed by atoms with E-state index in [9.17, 15) is 4.79 Å². The number of carbonyl (C=O) groups is 1. The molecule has 0 radical (unpaired) electrons. The van der Waals surface area contributed by atoms with E-state index in [1.54, 1.807) is 0 Å². The lowest BCUT2D eigenvalue weighted by atomic mass is 9.84. The van der Waals surface area contributed by atoms with E-state index < -0.39 is 0 Å². The lowest BCUT2D eigenvalue weighted by Gasteiger charge is -2.21. The summed E-state index contributed by atoms with van der Waals surface area (Å²) in [6, 6.07) is 8.70. The van der Waals surface area contributed by atoms with Crippen molar-refractivity contribution in [3.63, 3.8) is 0 Å². The lowest BCUT2D eigenvalue weighted by molar-refractivity contribution is -0.114. The van der Waals surface area contributed by atoms with Crippen molar-refractivity contribution in [2.45, 2.75) is 79.1 Å². The summed E-state index contributed by atoms with van der Waals surface area (Å²) in [5.74, 6) is 0.830. The molecule has 0 spiro atoms. The van der Waals surface area contributed by atoms with Crippen LogP contribution in [0.5, 0.6) is 0 Å². The molecule has 1 aromatic rings. The van der Waals surface area contributed by atoms with Crippen LogP contribution in [0, 0.1) is 12.8 Å². The highest BCUT2D eigenvalue weighted by molar-refractivity contribution is 5.90. The normalized spacial score (nSPS) is 12.0. The predicted octanol–water partition coefficient (Wildman–Crippen LogP) is 6.44. The first-order valence-electron chi connectivity index (χ1n) is 9.39. The first-order valence-corrected chi connectivity index (χ1v) is 9.39. The van der Waals surface area contributed by atoms with Crippen molar-refractivity contribution in [1.29, 1.82) is 0 Å². The summed E-state index contributed by atoms with van der Waals surface area (Å²) in [6.07, 6.45) is 10.9. The van der Waals surface area contributed by atoms with Gasteiger partial charge in [0.15, 0.2) is 5.78 Å². The fourth-order valence-corrected chi connectivity index (χ4v) is 3.10. The topological polar surface area (TPSA) is 17.1 Å². The third-order valence-corrected chi connectivity index (χ3v) is 4.52. The molecule has 0 N–H and O–H groups in total. The van der Waals surface area contributed by atoms with Crippen molar-refractivity contribution in [3.8, 4) is 0 Å². The molecule has 1 rings (SSSR count). The Kier molecular flexibility index (Phi) is 9.59. The Bertz CT molecular complexity index is 490. The highest BCUT2D eigenvalue weighted by Crippen LogP contribution is 2.27. The minimum absolute atomic E-state index is 0.269. The Hall–Kier alpha value is -1.37. The molecule has 0 aliphatic rings. The van der Waals surface area contributed by atoms with E-state index in [-0.39, 0.29) is 5.78 Å². The number of hydrogen-bond donors (Lipinski definition) is 0. The van der Waals surface area contributed by atoms with Gasteiger partial charge >= 0.3 is 0 Å². The predicted molar refractivity (Wildman–Crippen MR) is 101 cm³/mol. The van der Waals surface area contributed by atoms with Crippen molar-refractivity contribution in [1.82, 2.24) is 0 Å². The average molecular weight is 315 g/mol. The maximum Gasteiger partial charge on any atom is 0.155 e. The van der Waals surface area contributed by atoms with Crippen molar-refractivity contribution in [2.24, 2.45) is 5.92 Å². The van der Waals surface area contributed by atoms with Crippen LogP contribution >= 0.6 is 0 Å². The van der Waals surface area contributed by atoms with Gasteiger partial charge in [-0.3, -0.25) is 4.79 Å². The fraction of sp³-hybridized carbons (Fsp3) is 0.591. The highest BCUT2D eigenvalue weighted by atomic mass is 16.1. The molecule has 0 aromatic heterocycles. The zero-order valence-electron chi connectivity index (χ0n) is 15.5. The van der Waals surface area contributed by atoms with Crippen molar-refractivity contribution < 1.29 is 4.79 Å². The summed E-state index contributed by atoms with van der Waals surface area (Å²) in [7, 11) is 0. The van der Waals surface area contributed by atoms with Gasteiger partial charge in [-0.15, -0.1) is 0 Å². The molecule has 1 heteroatoms. The van der Waals surface area contributed by atoms with Crippen LogP contribution < -0.4 is 0 Å². The Labute approximate surface area is 143 Å². The van der Waals surface area contributed by atoms with E-state index in [0.717, 1.165) is 6.42 Å². The van der Waals surface area contributed by atoms with Crippen LogP contribution in [0.1, 0.15) is 76.8 Å². The monoisotopic (exact) mass is 314 g/mol. The zero-order chi connectivity index (χ0) is 17.1. The van der Waals surface area contributed by atoms with Gasteiger partial charge < -0.3 is 0 Å². The number of benzene rings is 1. The van der Waals surface area contributed by atoms with Gasteiger partial charge in [0.25, 0.3) is 0 Å². The smallest absolute Gasteiger partial charge is 0.155 e. The molecule has 0 aliphatic carbocycles. The van der Waals surface area contributed by atoms with E-state index in [4.69, 9.17) is 0 Å². The third-order valence-electron chi connectivity index (χ3n) is 4.52. The molecule has 0 atom stereocenters. The van der Waals surface area contributed by atoms with Gasteiger partial charge in [-0.05, 0) is 43.7 Å². The van der Waals surface area contributed by atoms with E-state index in [1.165, 1.54) is 55.2 Å². The highest BCUT2D eigenvalue weighted by Gasteiger charge is 2.15. The number of rotatable bonds is 11. The van der Waals surface area contributed by atoms with Gasteiger partial charge in [0.05, 0.1) is 0 Å². The van der Waals surface area contributed by atoms with Crippen LogP contribution in [0.25, 0.3) is 0 Å². The number of unbranched alkanes of at least 4 members (excludes halogenated alkanes) is 2. The zero-order valence-corrected chi connectivity index (χ0v) is 15.5. The summed E-state index contributed by atoms with van der Waals surface area (Å²) in [4.78, 5) is 12.1. The standard InChI is InChI=1S/C22H34O/c1-5-8-13-20(14-9-6-2)21(17-22(23)7-3)16-19-12-10-11-18(4)15-19/h10-12,15,17,20H,5-9,13-14,16H2,1-4H3/b21-17-. The van der Waals surface area contributed by atoms with Crippen molar-refractivity contribution in [3.05, 3.63) is 47.0 Å². The molecule has 128 valence electrons. The van der Waals surface area contributed by atoms with E-state index >= 15 is 0 Å². The van der Waals surface area contributed by atoms with Crippen LogP contribution in [0.15, 0.2) is 35.9 Å². The van der Waals surface area contributed by atoms with E-state index in [1.807, 2.05) is 13.0 Å². The summed E-state index contributed by atoms with van der Waals surface area (Å²) in [5, 5.41) is 0. The van der Waals surface area contributed by atoms with Crippen LogP contribution in [0.2, 0.25) is 0 Å². The molecule has 0 fully saturated rings. The number of carbonyl (C=O) groups excluding carboxylic acids is 1. The number of allylic oxidation sites excluding steroid dienone is 2. The Morgan fingerprint density at radius 1 is 1.09 bits per heavy atom. The second-order valence-electron chi connectivity index (χ2n) is 6.69. The minimum Gasteiger partial charge on any atom is -0.295 e. The van der Waals surface area contributed by atoms with Crippen LogP contribution in [0.4, 0.5) is 0 Å². The molecule has 0 aliphatic heterocycles. The van der Waals surface area contributed by atoms with Gasteiger partial charge in [-0.2, -0.15) is 0 Å². The van der Waals surface area contributed by atoms with Crippen LogP contribution in [-0.4, -0.2) is 5.78 Å².